The van der Waals surface area contributed by atoms with Crippen LogP contribution in [-0.4, -0.2) is 30.9 Å². The maximum absolute atomic E-state index is 11.8. The quantitative estimate of drug-likeness (QED) is 0.509. The zero-order valence-electron chi connectivity index (χ0n) is 10.0. The van der Waals surface area contributed by atoms with Crippen LogP contribution in [0, 0.1) is 5.92 Å². The van der Waals surface area contributed by atoms with Crippen molar-refractivity contribution in [2.45, 2.75) is 19.8 Å². The van der Waals surface area contributed by atoms with Crippen molar-refractivity contribution in [3.63, 3.8) is 0 Å². The molecular weight excluding hydrogens is 218 g/mol. The number of carbonyl (C=O) groups excluding carboxylic acids is 2. The van der Waals surface area contributed by atoms with E-state index < -0.39 is 11.7 Å². The van der Waals surface area contributed by atoms with E-state index in [1.165, 1.54) is 18.8 Å². The number of methoxy groups -OCH3 is 1. The van der Waals surface area contributed by atoms with E-state index >= 15 is 0 Å². The van der Waals surface area contributed by atoms with Crippen molar-refractivity contribution < 1.29 is 14.3 Å². The van der Waals surface area contributed by atoms with Gasteiger partial charge in [0.05, 0.1) is 18.7 Å². The highest BCUT2D eigenvalue weighted by atomic mass is 16.5. The van der Waals surface area contributed by atoms with Gasteiger partial charge in [0.15, 0.2) is 0 Å². The summed E-state index contributed by atoms with van der Waals surface area (Å²) in [5.41, 5.74) is 1.84. The van der Waals surface area contributed by atoms with E-state index in [2.05, 4.69) is 4.99 Å². The zero-order chi connectivity index (χ0) is 12.4. The van der Waals surface area contributed by atoms with Crippen LogP contribution in [0.5, 0.6) is 0 Å². The molecule has 2 aliphatic rings. The number of allylic oxidation sites excluding steroid dienone is 3. The van der Waals surface area contributed by atoms with Crippen molar-refractivity contribution >= 4 is 17.3 Å². The fourth-order valence-corrected chi connectivity index (χ4v) is 2.08. The molecular formula is C13H15NO3. The highest BCUT2D eigenvalue weighted by Gasteiger charge is 2.35. The second kappa shape index (κ2) is 4.65. The smallest absolute Gasteiger partial charge is 0.225 e. The van der Waals surface area contributed by atoms with Gasteiger partial charge in [0.2, 0.25) is 11.6 Å². The minimum absolute atomic E-state index is 0.379. The predicted molar refractivity (Wildman–Crippen MR) is 63.9 cm³/mol. The van der Waals surface area contributed by atoms with Gasteiger partial charge in [-0.05, 0) is 19.8 Å². The van der Waals surface area contributed by atoms with Gasteiger partial charge in [-0.1, -0.05) is 11.6 Å². The summed E-state index contributed by atoms with van der Waals surface area (Å²) in [6, 6.07) is 0. The van der Waals surface area contributed by atoms with Crippen molar-refractivity contribution in [2.75, 3.05) is 13.7 Å². The molecule has 0 aromatic carbocycles. The molecule has 0 aromatic rings. The van der Waals surface area contributed by atoms with Crippen LogP contribution in [0.4, 0.5) is 0 Å². The van der Waals surface area contributed by atoms with Gasteiger partial charge in [-0.25, -0.2) is 0 Å². The van der Waals surface area contributed by atoms with Gasteiger partial charge in [0.1, 0.15) is 5.76 Å². The monoisotopic (exact) mass is 233 g/mol. The third kappa shape index (κ3) is 2.20. The summed E-state index contributed by atoms with van der Waals surface area (Å²) in [5.74, 6) is -0.891. The van der Waals surface area contributed by atoms with Gasteiger partial charge in [0.25, 0.3) is 0 Å². The Labute approximate surface area is 100 Å². The molecule has 4 heteroatoms. The molecule has 0 saturated heterocycles. The molecule has 0 N–H and O–H groups in total. The van der Waals surface area contributed by atoms with Crippen LogP contribution in [0.15, 0.2) is 28.5 Å². The molecule has 0 radical (unpaired) electrons. The molecule has 1 heterocycles. The number of aliphatic imine (C=N–C) groups is 1. The Morgan fingerprint density at radius 1 is 1.41 bits per heavy atom. The number of ether oxygens (including phenoxy) is 1. The van der Waals surface area contributed by atoms with E-state index in [9.17, 15) is 9.59 Å². The van der Waals surface area contributed by atoms with Crippen LogP contribution in [0.2, 0.25) is 0 Å². The second-order valence-electron chi connectivity index (χ2n) is 4.30. The Hall–Kier alpha value is -1.71. The topological polar surface area (TPSA) is 55.7 Å². The van der Waals surface area contributed by atoms with E-state index in [-0.39, 0.29) is 5.78 Å². The molecule has 0 amide bonds. The van der Waals surface area contributed by atoms with Crippen LogP contribution in [0.3, 0.4) is 0 Å². The molecule has 0 bridgehead atoms. The summed E-state index contributed by atoms with van der Waals surface area (Å²) in [4.78, 5) is 27.8. The maximum atomic E-state index is 11.8. The summed E-state index contributed by atoms with van der Waals surface area (Å²) in [6.07, 6.45) is 4.68. The largest absolute Gasteiger partial charge is 0.495 e. The molecule has 1 atom stereocenters. The Kier molecular flexibility index (Phi) is 3.22. The maximum Gasteiger partial charge on any atom is 0.225 e. The third-order valence-corrected chi connectivity index (χ3v) is 3.11. The molecule has 90 valence electrons. The minimum atomic E-state index is -0.488. The Morgan fingerprint density at radius 2 is 2.18 bits per heavy atom. The molecule has 4 nitrogen and oxygen atoms in total. The average Bonchev–Trinajstić information content (AvgIpc) is 2.29. The SMILES string of the molecule is COC1=CC(=O)C(=O)C2C/C=C(/C)CCN=C12. The van der Waals surface area contributed by atoms with Crippen LogP contribution >= 0.6 is 0 Å². The molecule has 1 unspecified atom stereocenters. The van der Waals surface area contributed by atoms with Gasteiger partial charge in [-0.3, -0.25) is 14.6 Å². The van der Waals surface area contributed by atoms with E-state index in [1.807, 2.05) is 13.0 Å². The van der Waals surface area contributed by atoms with Crippen LogP contribution < -0.4 is 0 Å². The number of hydrogen-bond acceptors (Lipinski definition) is 4. The van der Waals surface area contributed by atoms with E-state index in [4.69, 9.17) is 4.74 Å². The van der Waals surface area contributed by atoms with E-state index in [1.54, 1.807) is 0 Å². The average molecular weight is 233 g/mol. The van der Waals surface area contributed by atoms with Crippen molar-refractivity contribution in [3.05, 3.63) is 23.5 Å². The minimum Gasteiger partial charge on any atom is -0.495 e. The first-order valence-electron chi connectivity index (χ1n) is 5.67. The van der Waals surface area contributed by atoms with Crippen LogP contribution in [0.1, 0.15) is 19.8 Å². The highest BCUT2D eigenvalue weighted by molar-refractivity contribution is 6.49. The van der Waals surface area contributed by atoms with E-state index in [0.29, 0.717) is 24.4 Å². The lowest BCUT2D eigenvalue weighted by Gasteiger charge is -2.23. The summed E-state index contributed by atoms with van der Waals surface area (Å²) < 4.78 is 5.14. The number of rotatable bonds is 1. The standard InChI is InChI=1S/C13H15NO3/c1-8-3-4-9-12(14-6-5-8)11(17-2)7-10(15)13(9)16/h3,7,9H,4-6H2,1-2H3/b8-3-,14-12?. The number of hydrogen-bond donors (Lipinski definition) is 0. The van der Waals surface area contributed by atoms with Gasteiger partial charge in [-0.2, -0.15) is 0 Å². The zero-order valence-corrected chi connectivity index (χ0v) is 10.0. The molecule has 1 aliphatic heterocycles. The van der Waals surface area contributed by atoms with Crippen molar-refractivity contribution in [1.82, 2.24) is 0 Å². The second-order valence-corrected chi connectivity index (χ2v) is 4.30. The molecule has 1 aliphatic carbocycles. The van der Waals surface area contributed by atoms with Gasteiger partial charge in [0, 0.05) is 12.6 Å². The lowest BCUT2D eigenvalue weighted by atomic mass is 9.85. The highest BCUT2D eigenvalue weighted by Crippen LogP contribution is 2.24. The predicted octanol–water partition coefficient (Wildman–Crippen LogP) is 1.47. The fourth-order valence-electron chi connectivity index (χ4n) is 2.08. The molecule has 0 saturated carbocycles. The Bertz CT molecular complexity index is 457. The normalized spacial score (nSPS) is 28.1. The lowest BCUT2D eigenvalue weighted by molar-refractivity contribution is -0.135. The number of carbonyl (C=O) groups is 2. The molecule has 2 rings (SSSR count). The number of nitrogens with zero attached hydrogens (tertiary/aromatic N) is 1. The van der Waals surface area contributed by atoms with Crippen molar-refractivity contribution in [3.8, 4) is 0 Å². The van der Waals surface area contributed by atoms with Gasteiger partial charge >= 0.3 is 0 Å². The summed E-state index contributed by atoms with van der Waals surface area (Å²) in [5, 5.41) is 0. The summed E-state index contributed by atoms with van der Waals surface area (Å²) in [6.45, 7) is 2.65. The van der Waals surface area contributed by atoms with E-state index in [0.717, 1.165) is 6.42 Å². The number of fused-ring (bicyclic) bond motifs is 1. The van der Waals surface area contributed by atoms with Gasteiger partial charge in [-0.15, -0.1) is 0 Å². The summed E-state index contributed by atoms with van der Waals surface area (Å²) in [7, 11) is 1.49. The molecule has 0 fully saturated rings. The number of ketones is 2. The Balaban J connectivity index is 2.41. The first kappa shape index (κ1) is 11.8. The first-order chi connectivity index (χ1) is 8.13. The fraction of sp³-hybridized carbons (Fsp3) is 0.462. The molecule has 17 heavy (non-hydrogen) atoms. The van der Waals surface area contributed by atoms with Gasteiger partial charge < -0.3 is 4.74 Å². The van der Waals surface area contributed by atoms with Crippen molar-refractivity contribution in [2.24, 2.45) is 10.9 Å². The summed E-state index contributed by atoms with van der Waals surface area (Å²) >= 11 is 0. The third-order valence-electron chi connectivity index (χ3n) is 3.11. The molecule has 0 spiro atoms. The van der Waals surface area contributed by atoms with Crippen molar-refractivity contribution in [1.29, 1.82) is 0 Å². The molecule has 0 aromatic heterocycles. The number of Topliss-reactive ketones (excluding diaryl/α,β-unsaturated/α-hetero) is 1. The Morgan fingerprint density at radius 3 is 2.88 bits per heavy atom. The van der Waals surface area contributed by atoms with Crippen LogP contribution in [-0.2, 0) is 14.3 Å². The first-order valence-corrected chi connectivity index (χ1v) is 5.67. The van der Waals surface area contributed by atoms with Crippen LogP contribution in [0.25, 0.3) is 0 Å². The lowest BCUT2D eigenvalue weighted by Crippen LogP contribution is -2.36.